The molecule has 3 aromatic carbocycles. The van der Waals surface area contributed by atoms with Crippen molar-refractivity contribution < 1.29 is 4.74 Å². The molecule has 0 fully saturated rings. The van der Waals surface area contributed by atoms with Gasteiger partial charge in [-0.2, -0.15) is 5.10 Å². The first-order valence-electron chi connectivity index (χ1n) is 7.51. The number of thiocarbonyl (C=S) groups is 1. The number of hydrazone groups is 1. The van der Waals surface area contributed by atoms with Crippen LogP contribution in [-0.2, 0) is 6.61 Å². The van der Waals surface area contributed by atoms with Gasteiger partial charge in [-0.15, -0.1) is 0 Å². The standard InChI is InChI=1S/C19H17N3OS/c20-19(24)22-21-12-17-16-9-5-4-8-15(16)10-11-18(17)23-13-14-6-2-1-3-7-14/h1-12H,13H2,(H3,20,22,24). The summed E-state index contributed by atoms with van der Waals surface area (Å²) < 4.78 is 6.01. The number of ether oxygens (including phenoxy) is 1. The van der Waals surface area contributed by atoms with Gasteiger partial charge in [0.15, 0.2) is 5.11 Å². The Morgan fingerprint density at radius 1 is 1.04 bits per heavy atom. The Labute approximate surface area is 145 Å². The van der Waals surface area contributed by atoms with Gasteiger partial charge in [0.1, 0.15) is 12.4 Å². The third kappa shape index (κ3) is 3.88. The normalized spacial score (nSPS) is 10.8. The predicted octanol–water partition coefficient (Wildman–Crippen LogP) is 3.59. The largest absolute Gasteiger partial charge is 0.488 e. The quantitative estimate of drug-likeness (QED) is 0.425. The van der Waals surface area contributed by atoms with Crippen molar-refractivity contribution >= 4 is 34.3 Å². The summed E-state index contributed by atoms with van der Waals surface area (Å²) in [7, 11) is 0. The zero-order valence-corrected chi connectivity index (χ0v) is 13.8. The second-order valence-electron chi connectivity index (χ2n) is 5.21. The van der Waals surface area contributed by atoms with Crippen LogP contribution in [0.4, 0.5) is 0 Å². The smallest absolute Gasteiger partial charge is 0.184 e. The maximum Gasteiger partial charge on any atom is 0.184 e. The lowest BCUT2D eigenvalue weighted by Crippen LogP contribution is -2.24. The Morgan fingerprint density at radius 2 is 1.79 bits per heavy atom. The topological polar surface area (TPSA) is 59.6 Å². The molecule has 0 heterocycles. The van der Waals surface area contributed by atoms with Gasteiger partial charge in [0.25, 0.3) is 0 Å². The minimum absolute atomic E-state index is 0.123. The van der Waals surface area contributed by atoms with E-state index in [0.717, 1.165) is 27.6 Å². The van der Waals surface area contributed by atoms with Crippen LogP contribution < -0.4 is 15.9 Å². The average Bonchev–Trinajstić information content (AvgIpc) is 2.61. The van der Waals surface area contributed by atoms with Gasteiger partial charge in [-0.3, -0.25) is 5.43 Å². The number of rotatable bonds is 5. The Hall–Kier alpha value is -2.92. The monoisotopic (exact) mass is 335 g/mol. The van der Waals surface area contributed by atoms with Crippen molar-refractivity contribution in [3.63, 3.8) is 0 Å². The Balaban J connectivity index is 1.93. The molecular weight excluding hydrogens is 318 g/mol. The Bertz CT molecular complexity index is 878. The highest BCUT2D eigenvalue weighted by Crippen LogP contribution is 2.27. The maximum atomic E-state index is 6.01. The zero-order valence-electron chi connectivity index (χ0n) is 13.0. The molecule has 120 valence electrons. The highest BCUT2D eigenvalue weighted by molar-refractivity contribution is 7.80. The summed E-state index contributed by atoms with van der Waals surface area (Å²) in [5.41, 5.74) is 9.99. The molecule has 0 aliphatic heterocycles. The van der Waals surface area contributed by atoms with Gasteiger partial charge >= 0.3 is 0 Å². The van der Waals surface area contributed by atoms with Crippen LogP contribution >= 0.6 is 12.2 Å². The first-order chi connectivity index (χ1) is 11.7. The first kappa shape index (κ1) is 16.0. The van der Waals surface area contributed by atoms with Crippen LogP contribution in [0.25, 0.3) is 10.8 Å². The summed E-state index contributed by atoms with van der Waals surface area (Å²) >= 11 is 4.78. The first-order valence-corrected chi connectivity index (χ1v) is 7.92. The van der Waals surface area contributed by atoms with E-state index in [9.17, 15) is 0 Å². The van der Waals surface area contributed by atoms with E-state index >= 15 is 0 Å². The lowest BCUT2D eigenvalue weighted by Gasteiger charge is -2.12. The van der Waals surface area contributed by atoms with E-state index in [1.54, 1.807) is 6.21 Å². The third-order valence-corrected chi connectivity index (χ3v) is 3.63. The number of nitrogens with zero attached hydrogens (tertiary/aromatic N) is 1. The molecule has 0 aromatic heterocycles. The fraction of sp³-hybridized carbons (Fsp3) is 0.0526. The molecule has 5 heteroatoms. The molecule has 0 radical (unpaired) electrons. The lowest BCUT2D eigenvalue weighted by molar-refractivity contribution is 0.306. The molecule has 0 aliphatic carbocycles. The fourth-order valence-electron chi connectivity index (χ4n) is 2.43. The Morgan fingerprint density at radius 3 is 2.58 bits per heavy atom. The van der Waals surface area contributed by atoms with Crippen molar-refractivity contribution in [2.24, 2.45) is 10.8 Å². The number of benzene rings is 3. The fourth-order valence-corrected chi connectivity index (χ4v) is 2.48. The molecule has 4 nitrogen and oxygen atoms in total. The van der Waals surface area contributed by atoms with Gasteiger partial charge < -0.3 is 10.5 Å². The predicted molar refractivity (Wildman–Crippen MR) is 102 cm³/mol. The molecule has 0 aliphatic rings. The number of hydrogen-bond donors (Lipinski definition) is 2. The third-order valence-electron chi connectivity index (χ3n) is 3.54. The van der Waals surface area contributed by atoms with Gasteiger partial charge in [-0.25, -0.2) is 0 Å². The number of hydrogen-bond acceptors (Lipinski definition) is 3. The van der Waals surface area contributed by atoms with Crippen LogP contribution in [0.3, 0.4) is 0 Å². The molecule has 3 N–H and O–H groups in total. The van der Waals surface area contributed by atoms with E-state index in [4.69, 9.17) is 22.7 Å². The Kier molecular flexibility index (Phi) is 5.03. The van der Waals surface area contributed by atoms with Crippen LogP contribution in [0.1, 0.15) is 11.1 Å². The molecule has 3 aromatic rings. The van der Waals surface area contributed by atoms with Crippen LogP contribution in [0.5, 0.6) is 5.75 Å². The van der Waals surface area contributed by atoms with E-state index in [0.29, 0.717) is 6.61 Å². The van der Waals surface area contributed by atoms with Crippen LogP contribution in [0.15, 0.2) is 71.8 Å². The number of fused-ring (bicyclic) bond motifs is 1. The number of nitrogens with one attached hydrogen (secondary N) is 1. The highest BCUT2D eigenvalue weighted by atomic mass is 32.1. The van der Waals surface area contributed by atoms with E-state index in [1.807, 2.05) is 60.7 Å². The minimum Gasteiger partial charge on any atom is -0.488 e. The summed E-state index contributed by atoms with van der Waals surface area (Å²) in [6, 6.07) is 22.1. The minimum atomic E-state index is 0.123. The van der Waals surface area contributed by atoms with Gasteiger partial charge in [0, 0.05) is 5.56 Å². The summed E-state index contributed by atoms with van der Waals surface area (Å²) in [6.45, 7) is 0.489. The van der Waals surface area contributed by atoms with Crippen molar-refractivity contribution in [1.82, 2.24) is 5.43 Å². The van der Waals surface area contributed by atoms with E-state index < -0.39 is 0 Å². The van der Waals surface area contributed by atoms with Crippen molar-refractivity contribution in [2.45, 2.75) is 6.61 Å². The van der Waals surface area contributed by atoms with Crippen molar-refractivity contribution in [1.29, 1.82) is 0 Å². The highest BCUT2D eigenvalue weighted by Gasteiger charge is 2.07. The molecule has 0 atom stereocenters. The summed E-state index contributed by atoms with van der Waals surface area (Å²) in [4.78, 5) is 0. The van der Waals surface area contributed by atoms with Crippen LogP contribution in [0.2, 0.25) is 0 Å². The van der Waals surface area contributed by atoms with Gasteiger partial charge in [0.05, 0.1) is 6.21 Å². The molecule has 0 saturated heterocycles. The molecule has 3 rings (SSSR count). The summed E-state index contributed by atoms with van der Waals surface area (Å²) in [5, 5.41) is 6.37. The molecular formula is C19H17N3OS. The van der Waals surface area contributed by atoms with Crippen LogP contribution in [-0.4, -0.2) is 11.3 Å². The molecule has 24 heavy (non-hydrogen) atoms. The molecule has 0 amide bonds. The van der Waals surface area contributed by atoms with Crippen LogP contribution in [0, 0.1) is 0 Å². The second kappa shape index (κ2) is 7.57. The molecule has 0 spiro atoms. The van der Waals surface area contributed by atoms with Crippen molar-refractivity contribution in [3.05, 3.63) is 77.9 Å². The van der Waals surface area contributed by atoms with Crippen molar-refractivity contribution in [3.8, 4) is 5.75 Å². The zero-order chi connectivity index (χ0) is 16.8. The van der Waals surface area contributed by atoms with Gasteiger partial charge in [-0.1, -0.05) is 60.7 Å². The second-order valence-corrected chi connectivity index (χ2v) is 5.65. The molecule has 0 saturated carbocycles. The van der Waals surface area contributed by atoms with E-state index in [1.165, 1.54) is 0 Å². The van der Waals surface area contributed by atoms with E-state index in [-0.39, 0.29) is 5.11 Å². The maximum absolute atomic E-state index is 6.01. The molecule has 0 unspecified atom stereocenters. The average molecular weight is 335 g/mol. The van der Waals surface area contributed by atoms with Crippen molar-refractivity contribution in [2.75, 3.05) is 0 Å². The molecule has 0 bridgehead atoms. The summed E-state index contributed by atoms with van der Waals surface area (Å²) in [6.07, 6.45) is 1.68. The number of nitrogens with two attached hydrogens (primary N) is 1. The lowest BCUT2D eigenvalue weighted by atomic mass is 10.0. The van der Waals surface area contributed by atoms with E-state index in [2.05, 4.69) is 16.6 Å². The SMILES string of the molecule is NC(=S)NN=Cc1c(OCc2ccccc2)ccc2ccccc12. The van der Waals surface area contributed by atoms with Gasteiger partial charge in [-0.05, 0) is 34.6 Å². The summed E-state index contributed by atoms with van der Waals surface area (Å²) in [5.74, 6) is 0.756. The van der Waals surface area contributed by atoms with Gasteiger partial charge in [0.2, 0.25) is 0 Å².